The van der Waals surface area contributed by atoms with Crippen molar-refractivity contribution >= 4 is 33.2 Å². The van der Waals surface area contributed by atoms with Crippen LogP contribution in [0, 0.1) is 10.1 Å². The number of fused-ring (bicyclic) bond motifs is 1. The van der Waals surface area contributed by atoms with Gasteiger partial charge in [0.25, 0.3) is 11.2 Å². The van der Waals surface area contributed by atoms with E-state index in [-0.39, 0.29) is 23.9 Å². The molecule has 0 N–H and O–H groups in total. The molecule has 162 valence electrons. The third-order valence-corrected chi connectivity index (χ3v) is 5.70. The fraction of sp³-hybridized carbons (Fsp3) is 0.174. The number of thiophene rings is 1. The van der Waals surface area contributed by atoms with Crippen LogP contribution in [0.5, 0.6) is 0 Å². The van der Waals surface area contributed by atoms with Crippen molar-refractivity contribution in [3.05, 3.63) is 91.8 Å². The summed E-state index contributed by atoms with van der Waals surface area (Å²) in [5.74, 6) is -0.397. The molecule has 4 aromatic rings. The molecule has 0 fully saturated rings. The van der Waals surface area contributed by atoms with E-state index in [2.05, 4.69) is 4.98 Å². The Bertz CT molecular complexity index is 1370. The summed E-state index contributed by atoms with van der Waals surface area (Å²) in [6, 6.07) is 13.1. The Labute approximate surface area is 186 Å². The van der Waals surface area contributed by atoms with E-state index in [1.165, 1.54) is 34.4 Å². The molecule has 32 heavy (non-hydrogen) atoms. The van der Waals surface area contributed by atoms with Gasteiger partial charge in [-0.15, -0.1) is 11.3 Å². The van der Waals surface area contributed by atoms with Crippen molar-refractivity contribution in [2.45, 2.75) is 26.5 Å². The molecule has 9 heteroatoms. The van der Waals surface area contributed by atoms with Crippen LogP contribution in [-0.4, -0.2) is 26.5 Å². The minimum absolute atomic E-state index is 0.0397. The highest BCUT2D eigenvalue weighted by atomic mass is 32.1. The summed E-state index contributed by atoms with van der Waals surface area (Å²) in [4.78, 5) is 40.9. The first-order chi connectivity index (χ1) is 15.3. The summed E-state index contributed by atoms with van der Waals surface area (Å²) in [6.07, 6.45) is 1.28. The number of hydrogen-bond acceptors (Lipinski definition) is 7. The highest BCUT2D eigenvalue weighted by Gasteiger charge is 2.16. The van der Waals surface area contributed by atoms with Gasteiger partial charge in [-0.2, -0.15) is 0 Å². The SMILES string of the molecule is CC(C)OC(=O)c1ccc(Cn2cnc3scc(-c4cccc([N+](=O)[O-])c4)c3c2=O)cc1. The lowest BCUT2D eigenvalue weighted by Crippen LogP contribution is -2.21. The molecule has 2 heterocycles. The Morgan fingerprint density at radius 2 is 1.97 bits per heavy atom. The van der Waals surface area contributed by atoms with Crippen LogP contribution >= 0.6 is 11.3 Å². The monoisotopic (exact) mass is 449 g/mol. The van der Waals surface area contributed by atoms with Crippen LogP contribution in [0.1, 0.15) is 29.8 Å². The Morgan fingerprint density at radius 1 is 1.22 bits per heavy atom. The number of ether oxygens (including phenoxy) is 1. The summed E-state index contributed by atoms with van der Waals surface area (Å²) in [5.41, 5.74) is 2.20. The van der Waals surface area contributed by atoms with E-state index in [1.807, 2.05) is 0 Å². The summed E-state index contributed by atoms with van der Waals surface area (Å²) in [5, 5.41) is 13.3. The highest BCUT2D eigenvalue weighted by Crippen LogP contribution is 2.32. The number of esters is 1. The van der Waals surface area contributed by atoms with Crippen LogP contribution in [0.2, 0.25) is 0 Å². The van der Waals surface area contributed by atoms with Crippen LogP contribution in [0.3, 0.4) is 0 Å². The maximum atomic E-state index is 13.2. The van der Waals surface area contributed by atoms with E-state index in [0.29, 0.717) is 26.9 Å². The molecule has 2 aromatic heterocycles. The minimum atomic E-state index is -0.463. The zero-order valence-corrected chi connectivity index (χ0v) is 18.2. The Morgan fingerprint density at radius 3 is 2.66 bits per heavy atom. The number of nitro groups is 1. The van der Waals surface area contributed by atoms with E-state index >= 15 is 0 Å². The first-order valence-corrected chi connectivity index (χ1v) is 10.7. The third kappa shape index (κ3) is 4.28. The standard InChI is InChI=1S/C23H19N3O5S/c1-14(2)31-23(28)16-8-6-15(7-9-16)11-25-13-24-21-20(22(25)27)19(12-32-21)17-4-3-5-18(10-17)26(29)30/h3-10,12-14H,11H2,1-2H3. The lowest BCUT2D eigenvalue weighted by molar-refractivity contribution is -0.384. The molecule has 0 atom stereocenters. The van der Waals surface area contributed by atoms with Gasteiger partial charge in [0.1, 0.15) is 4.83 Å². The smallest absolute Gasteiger partial charge is 0.338 e. The number of rotatable bonds is 6. The second-order valence-corrected chi connectivity index (χ2v) is 8.32. The molecule has 0 unspecified atom stereocenters. The maximum Gasteiger partial charge on any atom is 0.338 e. The number of nitro benzene ring substituents is 1. The second kappa shape index (κ2) is 8.72. The van der Waals surface area contributed by atoms with Crippen LogP contribution < -0.4 is 5.56 Å². The number of nitrogens with zero attached hydrogens (tertiary/aromatic N) is 3. The molecule has 0 saturated heterocycles. The number of non-ortho nitro benzene ring substituents is 1. The molecule has 0 amide bonds. The first kappa shape index (κ1) is 21.4. The van der Waals surface area contributed by atoms with Crippen molar-refractivity contribution in [1.29, 1.82) is 0 Å². The molecule has 4 rings (SSSR count). The molecule has 8 nitrogen and oxygen atoms in total. The third-order valence-electron chi connectivity index (χ3n) is 4.81. The molecule has 0 saturated carbocycles. The topological polar surface area (TPSA) is 104 Å². The van der Waals surface area contributed by atoms with Gasteiger partial charge in [-0.1, -0.05) is 24.3 Å². The van der Waals surface area contributed by atoms with Crippen LogP contribution in [0.15, 0.2) is 65.0 Å². The summed E-state index contributed by atoms with van der Waals surface area (Å²) < 4.78 is 6.67. The Hall–Kier alpha value is -3.85. The van der Waals surface area contributed by atoms with E-state index in [0.717, 1.165) is 5.56 Å². The molecule has 0 radical (unpaired) electrons. The van der Waals surface area contributed by atoms with Crippen molar-refractivity contribution in [3.63, 3.8) is 0 Å². The molecule has 0 aliphatic rings. The van der Waals surface area contributed by atoms with Gasteiger partial charge < -0.3 is 4.74 Å². The van der Waals surface area contributed by atoms with Crippen molar-refractivity contribution in [2.24, 2.45) is 0 Å². The summed E-state index contributed by atoms with van der Waals surface area (Å²) in [6.45, 7) is 3.84. The molecule has 0 aliphatic carbocycles. The van der Waals surface area contributed by atoms with Gasteiger partial charge in [-0.25, -0.2) is 9.78 Å². The number of benzene rings is 2. The van der Waals surface area contributed by atoms with Crippen molar-refractivity contribution in [1.82, 2.24) is 9.55 Å². The molecule has 0 spiro atoms. The van der Waals surface area contributed by atoms with Gasteiger partial charge in [0.2, 0.25) is 0 Å². The highest BCUT2D eigenvalue weighted by molar-refractivity contribution is 7.17. The Balaban J connectivity index is 1.67. The average Bonchev–Trinajstić information content (AvgIpc) is 3.21. The summed E-state index contributed by atoms with van der Waals surface area (Å²) >= 11 is 1.32. The lowest BCUT2D eigenvalue weighted by Gasteiger charge is -2.09. The minimum Gasteiger partial charge on any atom is -0.459 e. The van der Waals surface area contributed by atoms with Gasteiger partial charge in [0, 0.05) is 23.1 Å². The van der Waals surface area contributed by atoms with Gasteiger partial charge >= 0.3 is 5.97 Å². The first-order valence-electron chi connectivity index (χ1n) is 9.85. The van der Waals surface area contributed by atoms with Gasteiger partial charge in [0.05, 0.1) is 34.8 Å². The molecular weight excluding hydrogens is 430 g/mol. The molecule has 0 aliphatic heterocycles. The number of carbonyl (C=O) groups excluding carboxylic acids is 1. The maximum absolute atomic E-state index is 13.2. The normalized spacial score (nSPS) is 11.1. The van der Waals surface area contributed by atoms with Gasteiger partial charge in [0.15, 0.2) is 0 Å². The fourth-order valence-corrected chi connectivity index (χ4v) is 4.21. The van der Waals surface area contributed by atoms with E-state index in [4.69, 9.17) is 4.74 Å². The summed E-state index contributed by atoms with van der Waals surface area (Å²) in [7, 11) is 0. The van der Waals surface area contributed by atoms with E-state index in [1.54, 1.807) is 55.6 Å². The van der Waals surface area contributed by atoms with Gasteiger partial charge in [-0.3, -0.25) is 19.5 Å². The lowest BCUT2D eigenvalue weighted by atomic mass is 10.1. The predicted octanol–water partition coefficient (Wildman–Crippen LogP) is 4.65. The van der Waals surface area contributed by atoms with Crippen molar-refractivity contribution in [2.75, 3.05) is 0 Å². The van der Waals surface area contributed by atoms with E-state index in [9.17, 15) is 19.7 Å². The number of carbonyl (C=O) groups is 1. The fourth-order valence-electron chi connectivity index (χ4n) is 3.30. The van der Waals surface area contributed by atoms with Crippen LogP contribution in [-0.2, 0) is 11.3 Å². The average molecular weight is 449 g/mol. The van der Waals surface area contributed by atoms with Crippen molar-refractivity contribution in [3.8, 4) is 11.1 Å². The molecule has 2 aromatic carbocycles. The largest absolute Gasteiger partial charge is 0.459 e. The number of hydrogen-bond donors (Lipinski definition) is 0. The quantitative estimate of drug-likeness (QED) is 0.241. The second-order valence-electron chi connectivity index (χ2n) is 7.47. The molecule has 0 bridgehead atoms. The van der Waals surface area contributed by atoms with E-state index < -0.39 is 10.9 Å². The van der Waals surface area contributed by atoms with Gasteiger partial charge in [-0.05, 0) is 37.1 Å². The zero-order chi connectivity index (χ0) is 22.8. The predicted molar refractivity (Wildman–Crippen MR) is 122 cm³/mol. The van der Waals surface area contributed by atoms with Crippen LogP contribution in [0.4, 0.5) is 5.69 Å². The van der Waals surface area contributed by atoms with Crippen LogP contribution in [0.25, 0.3) is 21.3 Å². The number of aromatic nitrogens is 2. The molecular formula is C23H19N3O5S. The van der Waals surface area contributed by atoms with Crippen molar-refractivity contribution < 1.29 is 14.5 Å². The zero-order valence-electron chi connectivity index (χ0n) is 17.3. The Kier molecular flexibility index (Phi) is 5.83.